The quantitative estimate of drug-likeness (QED) is 0.500. The van der Waals surface area contributed by atoms with E-state index in [9.17, 15) is 9.90 Å². The molecule has 5 heteroatoms. The maximum Gasteiger partial charge on any atom is 0.260 e. The number of aromatic hydroxyl groups is 1. The monoisotopic (exact) mass is 277 g/mol. The number of fused-ring (bicyclic) bond motifs is 2. The van der Waals surface area contributed by atoms with Crippen molar-refractivity contribution >= 4 is 11.0 Å². The Bertz CT molecular complexity index is 984. The second-order valence-corrected chi connectivity index (χ2v) is 4.85. The summed E-state index contributed by atoms with van der Waals surface area (Å²) in [5, 5.41) is 9.51. The van der Waals surface area contributed by atoms with Gasteiger partial charge in [-0.25, -0.2) is 4.98 Å². The molecule has 0 amide bonds. The Morgan fingerprint density at radius 3 is 2.76 bits per heavy atom. The lowest BCUT2D eigenvalue weighted by Crippen LogP contribution is -2.01. The topological polar surface area (TPSA) is 81.8 Å². The summed E-state index contributed by atoms with van der Waals surface area (Å²) >= 11 is 0. The molecule has 0 atom stereocenters. The summed E-state index contributed by atoms with van der Waals surface area (Å²) < 4.78 is 0. The molecule has 2 aromatic rings. The molecule has 1 aliphatic carbocycles. The molecule has 1 aromatic heterocycles. The lowest BCUT2D eigenvalue weighted by atomic mass is 10.1. The van der Waals surface area contributed by atoms with E-state index in [-0.39, 0.29) is 11.3 Å². The van der Waals surface area contributed by atoms with Crippen molar-refractivity contribution in [1.29, 1.82) is 0 Å². The van der Waals surface area contributed by atoms with Crippen molar-refractivity contribution in [1.82, 2.24) is 15.0 Å². The standard InChI is InChI=1S/C16H11N3O2/c20-9-6-7-12-13(8-9)18-15(17-12)14-10-4-2-1-3-5-11(10)19-16(14)21/h1-8,20H,(H,17,18)(H,19,21). The smallest absolute Gasteiger partial charge is 0.260 e. The minimum atomic E-state index is -0.181. The number of nitrogens with one attached hydrogen (secondary N) is 2. The molecule has 2 aliphatic rings. The van der Waals surface area contributed by atoms with E-state index < -0.39 is 0 Å². The fourth-order valence-electron chi connectivity index (χ4n) is 2.53. The molecule has 0 radical (unpaired) electrons. The van der Waals surface area contributed by atoms with Crippen LogP contribution in [0.4, 0.5) is 0 Å². The average molecular weight is 277 g/mol. The lowest BCUT2D eigenvalue weighted by molar-refractivity contribution is 0.476. The van der Waals surface area contributed by atoms with Crippen molar-refractivity contribution in [2.45, 2.75) is 0 Å². The number of phenols is 1. The molecular formula is C16H11N3O2. The third kappa shape index (κ3) is 1.79. The van der Waals surface area contributed by atoms with Gasteiger partial charge in [0.05, 0.1) is 16.6 Å². The van der Waals surface area contributed by atoms with Crippen molar-refractivity contribution in [3.05, 3.63) is 58.9 Å². The van der Waals surface area contributed by atoms with Crippen LogP contribution >= 0.6 is 0 Å². The molecule has 4 rings (SSSR count). The second-order valence-electron chi connectivity index (χ2n) is 4.85. The summed E-state index contributed by atoms with van der Waals surface area (Å²) in [6, 6.07) is 14.3. The molecule has 0 saturated heterocycles. The molecule has 3 N–H and O–H groups in total. The van der Waals surface area contributed by atoms with Crippen molar-refractivity contribution in [3.8, 4) is 28.4 Å². The number of hydrogen-bond donors (Lipinski definition) is 3. The molecule has 0 fully saturated rings. The summed E-state index contributed by atoms with van der Waals surface area (Å²) in [4.78, 5) is 22.6. The van der Waals surface area contributed by atoms with Crippen LogP contribution in [-0.2, 0) is 0 Å². The summed E-state index contributed by atoms with van der Waals surface area (Å²) in [5.74, 6) is 0.656. The van der Waals surface area contributed by atoms with Gasteiger partial charge < -0.3 is 15.1 Å². The molecule has 1 aromatic carbocycles. The Balaban J connectivity index is 2.02. The largest absolute Gasteiger partial charge is 0.508 e. The first-order chi connectivity index (χ1) is 10.2. The molecule has 0 saturated carbocycles. The Labute approximate surface area is 119 Å². The van der Waals surface area contributed by atoms with Crippen LogP contribution in [0.25, 0.3) is 33.7 Å². The number of hydrogen-bond acceptors (Lipinski definition) is 3. The third-order valence-electron chi connectivity index (χ3n) is 3.49. The van der Waals surface area contributed by atoms with Gasteiger partial charge in [-0.1, -0.05) is 24.3 Å². The van der Waals surface area contributed by atoms with E-state index in [2.05, 4.69) is 15.0 Å². The van der Waals surface area contributed by atoms with Gasteiger partial charge in [0.15, 0.2) is 0 Å². The Morgan fingerprint density at radius 1 is 1.00 bits per heavy atom. The van der Waals surface area contributed by atoms with Gasteiger partial charge in [-0.3, -0.25) is 4.79 Å². The maximum absolute atomic E-state index is 12.2. The highest BCUT2D eigenvalue weighted by Crippen LogP contribution is 2.29. The van der Waals surface area contributed by atoms with E-state index in [1.165, 1.54) is 0 Å². The van der Waals surface area contributed by atoms with Gasteiger partial charge in [0.2, 0.25) is 0 Å². The molecule has 2 heterocycles. The molecule has 0 bridgehead atoms. The summed E-state index contributed by atoms with van der Waals surface area (Å²) in [7, 11) is 0. The van der Waals surface area contributed by atoms with Crippen molar-refractivity contribution in [2.24, 2.45) is 0 Å². The van der Waals surface area contributed by atoms with Gasteiger partial charge in [0.25, 0.3) is 5.56 Å². The number of H-pyrrole nitrogens is 2. The summed E-state index contributed by atoms with van der Waals surface area (Å²) in [6.07, 6.45) is 0. The van der Waals surface area contributed by atoms with Crippen LogP contribution < -0.4 is 5.56 Å². The van der Waals surface area contributed by atoms with Crippen LogP contribution in [0.2, 0.25) is 0 Å². The SMILES string of the molecule is O=c1[nH]c2cccccc-2c1-c1nc2ccc(O)cc2[nH]1. The normalized spacial score (nSPS) is 11.2. The molecule has 21 heavy (non-hydrogen) atoms. The maximum atomic E-state index is 12.2. The molecule has 102 valence electrons. The van der Waals surface area contributed by atoms with E-state index in [4.69, 9.17) is 0 Å². The Morgan fingerprint density at radius 2 is 1.86 bits per heavy atom. The molecule has 0 unspecified atom stereocenters. The first kappa shape index (κ1) is 11.7. The first-order valence-electron chi connectivity index (χ1n) is 6.52. The van der Waals surface area contributed by atoms with E-state index >= 15 is 0 Å². The number of phenolic OH excluding ortho intramolecular Hbond substituents is 1. The van der Waals surface area contributed by atoms with E-state index in [1.807, 2.05) is 30.3 Å². The predicted octanol–water partition coefficient (Wildman–Crippen LogP) is 2.73. The van der Waals surface area contributed by atoms with Crippen molar-refractivity contribution in [2.75, 3.05) is 0 Å². The van der Waals surface area contributed by atoms with Gasteiger partial charge in [-0.15, -0.1) is 0 Å². The molecule has 1 aliphatic heterocycles. The minimum absolute atomic E-state index is 0.158. The average Bonchev–Trinajstić information content (AvgIpc) is 2.91. The summed E-state index contributed by atoms with van der Waals surface area (Å²) in [5.41, 5.74) is 3.31. The number of imidazole rings is 1. The van der Waals surface area contributed by atoms with Crippen molar-refractivity contribution < 1.29 is 5.11 Å². The zero-order valence-electron chi connectivity index (χ0n) is 10.9. The Hall–Kier alpha value is -3.08. The second kappa shape index (κ2) is 4.21. The zero-order chi connectivity index (χ0) is 14.4. The van der Waals surface area contributed by atoms with E-state index in [1.54, 1.807) is 18.2 Å². The number of rotatable bonds is 1. The molecule has 5 nitrogen and oxygen atoms in total. The fraction of sp³-hybridized carbons (Fsp3) is 0. The Kier molecular flexibility index (Phi) is 2.35. The fourth-order valence-corrected chi connectivity index (χ4v) is 2.53. The number of nitrogens with zero attached hydrogens (tertiary/aromatic N) is 1. The number of benzene rings is 1. The number of aromatic amines is 2. The third-order valence-corrected chi connectivity index (χ3v) is 3.49. The van der Waals surface area contributed by atoms with E-state index in [0.717, 1.165) is 11.3 Å². The van der Waals surface area contributed by atoms with Crippen LogP contribution in [-0.4, -0.2) is 20.1 Å². The molecular weight excluding hydrogens is 266 g/mol. The highest BCUT2D eigenvalue weighted by Gasteiger charge is 2.18. The molecule has 0 spiro atoms. The van der Waals surface area contributed by atoms with Gasteiger partial charge in [0.1, 0.15) is 11.6 Å². The summed E-state index contributed by atoms with van der Waals surface area (Å²) in [6.45, 7) is 0. The number of aromatic nitrogens is 3. The van der Waals surface area contributed by atoms with Gasteiger partial charge >= 0.3 is 0 Å². The van der Waals surface area contributed by atoms with Crippen LogP contribution in [0.3, 0.4) is 0 Å². The van der Waals surface area contributed by atoms with Crippen LogP contribution in [0.1, 0.15) is 0 Å². The predicted molar refractivity (Wildman–Crippen MR) is 80.4 cm³/mol. The first-order valence-corrected chi connectivity index (χ1v) is 6.52. The highest BCUT2D eigenvalue weighted by atomic mass is 16.3. The minimum Gasteiger partial charge on any atom is -0.508 e. The van der Waals surface area contributed by atoms with Gasteiger partial charge in [-0.2, -0.15) is 0 Å². The van der Waals surface area contributed by atoms with Crippen molar-refractivity contribution in [3.63, 3.8) is 0 Å². The van der Waals surface area contributed by atoms with Gasteiger partial charge in [-0.05, 0) is 18.2 Å². The van der Waals surface area contributed by atoms with Crippen LogP contribution in [0.5, 0.6) is 5.75 Å². The lowest BCUT2D eigenvalue weighted by Gasteiger charge is -1.94. The zero-order valence-corrected chi connectivity index (χ0v) is 10.9. The van der Waals surface area contributed by atoms with Crippen LogP contribution in [0, 0.1) is 0 Å². The van der Waals surface area contributed by atoms with E-state index in [0.29, 0.717) is 22.4 Å². The highest BCUT2D eigenvalue weighted by molar-refractivity contribution is 5.86. The van der Waals surface area contributed by atoms with Gasteiger partial charge in [0, 0.05) is 17.3 Å². The van der Waals surface area contributed by atoms with Crippen LogP contribution in [0.15, 0.2) is 53.3 Å².